The highest BCUT2D eigenvalue weighted by Crippen LogP contribution is 2.26. The van der Waals surface area contributed by atoms with Crippen LogP contribution < -0.4 is 10.6 Å². The zero-order valence-corrected chi connectivity index (χ0v) is 12.6. The third-order valence-corrected chi connectivity index (χ3v) is 3.71. The highest BCUT2D eigenvalue weighted by molar-refractivity contribution is 7.14. The number of hydrogen-bond acceptors (Lipinski definition) is 6. The van der Waals surface area contributed by atoms with Gasteiger partial charge in [0, 0.05) is 17.0 Å². The van der Waals surface area contributed by atoms with Crippen molar-refractivity contribution >= 4 is 22.4 Å². The average Bonchev–Trinajstić information content (AvgIpc) is 2.90. The van der Waals surface area contributed by atoms with Gasteiger partial charge in [0.25, 0.3) is 5.91 Å². The topological polar surface area (TPSA) is 94.5 Å². The lowest BCUT2D eigenvalue weighted by Crippen LogP contribution is -2.18. The van der Waals surface area contributed by atoms with Crippen molar-refractivity contribution in [2.24, 2.45) is 0 Å². The number of rotatable bonds is 5. The molecule has 0 aliphatic rings. The summed E-state index contributed by atoms with van der Waals surface area (Å²) in [7, 11) is 0. The molecule has 1 heterocycles. The van der Waals surface area contributed by atoms with E-state index < -0.39 is 0 Å². The van der Waals surface area contributed by atoms with Crippen molar-refractivity contribution in [1.82, 2.24) is 10.3 Å². The van der Waals surface area contributed by atoms with E-state index in [9.17, 15) is 15.0 Å². The summed E-state index contributed by atoms with van der Waals surface area (Å²) in [6.45, 7) is 4.86. The van der Waals surface area contributed by atoms with Crippen LogP contribution >= 0.6 is 11.3 Å². The van der Waals surface area contributed by atoms with Crippen LogP contribution in [0.3, 0.4) is 0 Å². The number of anilines is 1. The molecular weight excluding hydrogens is 290 g/mol. The van der Waals surface area contributed by atoms with E-state index in [-0.39, 0.29) is 29.0 Å². The number of amides is 1. The summed E-state index contributed by atoms with van der Waals surface area (Å²) in [4.78, 5) is 16.4. The summed E-state index contributed by atoms with van der Waals surface area (Å²) in [5, 5.41) is 26.9. The third kappa shape index (κ3) is 3.71. The zero-order valence-electron chi connectivity index (χ0n) is 11.8. The Labute approximate surface area is 126 Å². The summed E-state index contributed by atoms with van der Waals surface area (Å²) in [6, 6.07) is 4.03. The van der Waals surface area contributed by atoms with Crippen molar-refractivity contribution in [3.05, 3.63) is 34.8 Å². The van der Waals surface area contributed by atoms with Gasteiger partial charge in [0.1, 0.15) is 0 Å². The van der Waals surface area contributed by atoms with Crippen LogP contribution in [0.1, 0.15) is 35.9 Å². The molecule has 6 nitrogen and oxygen atoms in total. The van der Waals surface area contributed by atoms with Crippen molar-refractivity contribution in [3.63, 3.8) is 0 Å². The smallest absolute Gasteiger partial charge is 0.257 e. The minimum absolute atomic E-state index is 0.120. The quantitative estimate of drug-likeness (QED) is 0.637. The number of hydrogen-bond donors (Lipinski definition) is 4. The van der Waals surface area contributed by atoms with Gasteiger partial charge >= 0.3 is 0 Å². The highest BCUT2D eigenvalue weighted by atomic mass is 32.1. The average molecular weight is 307 g/mol. The fourth-order valence-electron chi connectivity index (χ4n) is 1.79. The molecule has 1 unspecified atom stereocenters. The maximum atomic E-state index is 12.0. The molecule has 4 N–H and O–H groups in total. The van der Waals surface area contributed by atoms with Crippen molar-refractivity contribution in [2.75, 3.05) is 11.9 Å². The van der Waals surface area contributed by atoms with E-state index in [1.807, 2.05) is 19.2 Å². The lowest BCUT2D eigenvalue weighted by molar-refractivity contribution is 0.102. The number of aromatic hydroxyl groups is 2. The number of nitrogens with one attached hydrogen (secondary N) is 2. The summed E-state index contributed by atoms with van der Waals surface area (Å²) >= 11 is 1.34. The Morgan fingerprint density at radius 3 is 2.81 bits per heavy atom. The minimum atomic E-state index is -0.387. The fraction of sp³-hybridized carbons (Fsp3) is 0.286. The predicted octanol–water partition coefficient (Wildman–Crippen LogP) is 2.48. The van der Waals surface area contributed by atoms with Gasteiger partial charge in [0.15, 0.2) is 16.6 Å². The van der Waals surface area contributed by atoms with Gasteiger partial charge in [-0.25, -0.2) is 4.98 Å². The van der Waals surface area contributed by atoms with Gasteiger partial charge in [-0.2, -0.15) is 0 Å². The number of aromatic nitrogens is 1. The molecule has 2 rings (SSSR count). The Morgan fingerprint density at radius 1 is 1.38 bits per heavy atom. The molecular formula is C14H17N3O3S. The van der Waals surface area contributed by atoms with Crippen LogP contribution in [0.15, 0.2) is 23.6 Å². The van der Waals surface area contributed by atoms with Crippen LogP contribution in [0.4, 0.5) is 5.13 Å². The summed E-state index contributed by atoms with van der Waals surface area (Å²) in [5.74, 6) is -0.979. The maximum absolute atomic E-state index is 12.0. The monoisotopic (exact) mass is 307 g/mol. The predicted molar refractivity (Wildman–Crippen MR) is 81.9 cm³/mol. The van der Waals surface area contributed by atoms with E-state index in [0.717, 1.165) is 12.2 Å². The van der Waals surface area contributed by atoms with Crippen LogP contribution in [-0.2, 0) is 0 Å². The van der Waals surface area contributed by atoms with E-state index in [1.54, 1.807) is 0 Å². The molecule has 0 fully saturated rings. The van der Waals surface area contributed by atoms with Gasteiger partial charge in [0.05, 0.1) is 5.69 Å². The SMILES string of the molecule is CCNC(C)c1csc(NC(=O)c2ccc(O)c(O)c2)n1. The Morgan fingerprint density at radius 2 is 2.14 bits per heavy atom. The molecule has 0 aliphatic heterocycles. The van der Waals surface area contributed by atoms with Crippen molar-refractivity contribution in [3.8, 4) is 11.5 Å². The maximum Gasteiger partial charge on any atom is 0.257 e. The number of phenols is 2. The largest absolute Gasteiger partial charge is 0.504 e. The molecule has 21 heavy (non-hydrogen) atoms. The lowest BCUT2D eigenvalue weighted by atomic mass is 10.2. The molecule has 0 saturated carbocycles. The molecule has 1 amide bonds. The van der Waals surface area contributed by atoms with E-state index in [4.69, 9.17) is 0 Å². The van der Waals surface area contributed by atoms with E-state index in [0.29, 0.717) is 5.13 Å². The first kappa shape index (κ1) is 15.3. The molecule has 0 aliphatic carbocycles. The zero-order chi connectivity index (χ0) is 15.4. The second-order valence-electron chi connectivity index (χ2n) is 4.51. The van der Waals surface area contributed by atoms with Gasteiger partial charge in [-0.3, -0.25) is 10.1 Å². The van der Waals surface area contributed by atoms with E-state index in [1.165, 1.54) is 29.5 Å². The molecule has 1 aromatic heterocycles. The first-order valence-electron chi connectivity index (χ1n) is 6.53. The van der Waals surface area contributed by atoms with Crippen molar-refractivity contribution < 1.29 is 15.0 Å². The van der Waals surface area contributed by atoms with Gasteiger partial charge in [-0.15, -0.1) is 11.3 Å². The van der Waals surface area contributed by atoms with Crippen LogP contribution in [0.25, 0.3) is 0 Å². The van der Waals surface area contributed by atoms with Crippen LogP contribution in [0.5, 0.6) is 11.5 Å². The van der Waals surface area contributed by atoms with Gasteiger partial charge in [0.2, 0.25) is 0 Å². The number of thiazole rings is 1. The van der Waals surface area contributed by atoms with Crippen LogP contribution in [0.2, 0.25) is 0 Å². The number of phenolic OH excluding ortho intramolecular Hbond substituents is 2. The summed E-state index contributed by atoms with van der Waals surface area (Å²) in [6.07, 6.45) is 0. The van der Waals surface area contributed by atoms with Gasteiger partial charge < -0.3 is 15.5 Å². The summed E-state index contributed by atoms with van der Waals surface area (Å²) in [5.41, 5.74) is 1.12. The Hall–Kier alpha value is -2.12. The molecule has 7 heteroatoms. The first-order valence-corrected chi connectivity index (χ1v) is 7.41. The van der Waals surface area contributed by atoms with E-state index in [2.05, 4.69) is 15.6 Å². The normalized spacial score (nSPS) is 12.1. The Bertz CT molecular complexity index is 642. The third-order valence-electron chi connectivity index (χ3n) is 2.93. The standard InChI is InChI=1S/C14H17N3O3S/c1-3-15-8(2)10-7-21-14(16-10)17-13(20)9-4-5-11(18)12(19)6-9/h4-8,15,18-19H,3H2,1-2H3,(H,16,17,20). The second-order valence-corrected chi connectivity index (χ2v) is 5.37. The first-order chi connectivity index (χ1) is 10.0. The molecule has 0 bridgehead atoms. The molecule has 0 spiro atoms. The van der Waals surface area contributed by atoms with E-state index >= 15 is 0 Å². The second kappa shape index (κ2) is 6.55. The molecule has 0 radical (unpaired) electrons. The number of carbonyl (C=O) groups excluding carboxylic acids is 1. The minimum Gasteiger partial charge on any atom is -0.504 e. The van der Waals surface area contributed by atoms with Crippen LogP contribution in [-0.4, -0.2) is 27.6 Å². The Balaban J connectivity index is 2.07. The van der Waals surface area contributed by atoms with Gasteiger partial charge in [-0.05, 0) is 31.7 Å². The van der Waals surface area contributed by atoms with Crippen molar-refractivity contribution in [2.45, 2.75) is 19.9 Å². The fourth-order valence-corrected chi connectivity index (χ4v) is 2.59. The molecule has 1 atom stereocenters. The Kier molecular flexibility index (Phi) is 4.77. The van der Waals surface area contributed by atoms with Gasteiger partial charge in [-0.1, -0.05) is 6.92 Å². The number of nitrogens with zero attached hydrogens (tertiary/aromatic N) is 1. The molecule has 2 aromatic rings. The molecule has 112 valence electrons. The van der Waals surface area contributed by atoms with Crippen LogP contribution in [0, 0.1) is 0 Å². The molecule has 1 aromatic carbocycles. The summed E-state index contributed by atoms with van der Waals surface area (Å²) < 4.78 is 0. The molecule has 0 saturated heterocycles. The highest BCUT2D eigenvalue weighted by Gasteiger charge is 2.13. The number of benzene rings is 1. The number of carbonyl (C=O) groups is 1. The van der Waals surface area contributed by atoms with Crippen molar-refractivity contribution in [1.29, 1.82) is 0 Å². The lowest BCUT2D eigenvalue weighted by Gasteiger charge is -2.08.